The number of hydrogen-bond acceptors (Lipinski definition) is 4. The van der Waals surface area contributed by atoms with E-state index >= 15 is 0 Å². The Morgan fingerprint density at radius 3 is 2.33 bits per heavy atom. The molecule has 0 aromatic heterocycles. The minimum absolute atomic E-state index is 0.467. The Morgan fingerprint density at radius 1 is 1.47 bits per heavy atom. The molecule has 86 valence electrons. The summed E-state index contributed by atoms with van der Waals surface area (Å²) >= 11 is -2.00. The van der Waals surface area contributed by atoms with Crippen LogP contribution >= 0.6 is 0 Å². The normalized spacial score (nSPS) is 10.5. The summed E-state index contributed by atoms with van der Waals surface area (Å²) in [6.45, 7) is 2.08. The molecule has 1 unspecified atom stereocenters. The molecular weight excluding hydrogens is 236 g/mol. The van der Waals surface area contributed by atoms with Gasteiger partial charge in [0.15, 0.2) is 0 Å². The molecule has 6 heteroatoms. The first-order valence-electron chi connectivity index (χ1n) is 4.64. The number of carboxylic acid groups (broad SMARTS) is 1. The molecule has 0 spiro atoms. The van der Waals surface area contributed by atoms with Gasteiger partial charge >= 0.3 is 25.7 Å². The van der Waals surface area contributed by atoms with Gasteiger partial charge in [-0.25, -0.2) is 0 Å². The molecule has 0 aromatic carbocycles. The van der Waals surface area contributed by atoms with E-state index in [1.54, 1.807) is 6.42 Å². The Bertz CT molecular complexity index is 211. The summed E-state index contributed by atoms with van der Waals surface area (Å²) in [5, 5.41) is 8.47. The van der Waals surface area contributed by atoms with Crippen molar-refractivity contribution in [3.05, 3.63) is 6.42 Å². The topological polar surface area (TPSA) is 88.5 Å². The Morgan fingerprint density at radius 2 is 2.00 bits per heavy atom. The molecule has 0 rings (SSSR count). The molecule has 0 fully saturated rings. The van der Waals surface area contributed by atoms with Crippen LogP contribution in [0.2, 0.25) is 0 Å². The van der Waals surface area contributed by atoms with Crippen molar-refractivity contribution in [1.29, 1.82) is 0 Å². The van der Waals surface area contributed by atoms with Crippen LogP contribution in [0.25, 0.3) is 0 Å². The first kappa shape index (κ1) is 16.9. The van der Waals surface area contributed by atoms with E-state index in [0.29, 0.717) is 12.7 Å². The molecule has 1 atom stereocenters. The van der Waals surface area contributed by atoms with E-state index in [1.165, 1.54) is 0 Å². The number of rotatable bonds is 7. The molecule has 0 aliphatic rings. The van der Waals surface area contributed by atoms with E-state index < -0.39 is 31.0 Å². The predicted octanol–water partition coefficient (Wildman–Crippen LogP) is 1.43. The second-order valence-electron chi connectivity index (χ2n) is 2.81. The standard InChI is InChI=1S/C9H15O3.2O.Ti/c1-2-3-4-5-6-8(7-10)9(11)12;;;/h6-8H,2-5H2,1H3,(H,11,12);;;/q-1;;;. The van der Waals surface area contributed by atoms with Crippen molar-refractivity contribution in [2.75, 3.05) is 0 Å². The summed E-state index contributed by atoms with van der Waals surface area (Å²) in [6, 6.07) is 0. The SMILES string of the molecule is CCCCC[CH-]C(C=O)C(=O)O.[O]=[Ti]=[O]. The molecule has 0 saturated carbocycles. The Hall–Kier alpha value is -0.546. The number of hydrogen-bond donors (Lipinski definition) is 1. The summed E-state index contributed by atoms with van der Waals surface area (Å²) < 4.78 is 17.0. The van der Waals surface area contributed by atoms with Crippen molar-refractivity contribution in [1.82, 2.24) is 0 Å². The molecule has 5 nitrogen and oxygen atoms in total. The van der Waals surface area contributed by atoms with Crippen LogP contribution in [0.5, 0.6) is 0 Å². The third-order valence-corrected chi connectivity index (χ3v) is 1.66. The average molecular weight is 251 g/mol. The zero-order chi connectivity index (χ0) is 12.1. The number of carbonyl (C=O) groups is 2. The van der Waals surface area contributed by atoms with Gasteiger partial charge in [0.1, 0.15) is 6.29 Å². The van der Waals surface area contributed by atoms with Gasteiger partial charge in [-0.3, -0.25) is 4.79 Å². The van der Waals surface area contributed by atoms with E-state index in [9.17, 15) is 9.59 Å². The molecule has 0 aliphatic heterocycles. The van der Waals surface area contributed by atoms with Crippen LogP contribution in [0.4, 0.5) is 0 Å². The summed E-state index contributed by atoms with van der Waals surface area (Å²) in [4.78, 5) is 20.5. The van der Waals surface area contributed by atoms with Crippen LogP contribution in [0.1, 0.15) is 32.6 Å². The zero-order valence-electron chi connectivity index (χ0n) is 8.64. The third-order valence-electron chi connectivity index (χ3n) is 1.66. The van der Waals surface area contributed by atoms with Crippen LogP contribution in [0.3, 0.4) is 0 Å². The van der Waals surface area contributed by atoms with E-state index in [2.05, 4.69) is 6.92 Å². The second kappa shape index (κ2) is 13.5. The van der Waals surface area contributed by atoms with Gasteiger partial charge in [-0.2, -0.15) is 6.42 Å². The van der Waals surface area contributed by atoms with Gasteiger partial charge in [0, 0.05) is 0 Å². The number of carboxylic acids is 1. The van der Waals surface area contributed by atoms with E-state index in [1.807, 2.05) is 0 Å². The summed E-state index contributed by atoms with van der Waals surface area (Å²) in [6.07, 6.45) is 5.89. The number of unbranched alkanes of at least 4 members (excludes halogenated alkanes) is 3. The Kier molecular flexibility index (Phi) is 15.1. The van der Waals surface area contributed by atoms with Crippen molar-refractivity contribution in [3.8, 4) is 0 Å². The number of carbonyl (C=O) groups excluding carboxylic acids is 1. The van der Waals surface area contributed by atoms with Gasteiger partial charge in [-0.1, -0.05) is 26.2 Å². The van der Waals surface area contributed by atoms with Crippen molar-refractivity contribution < 1.29 is 40.4 Å². The maximum atomic E-state index is 10.3. The molecule has 0 aromatic rings. The van der Waals surface area contributed by atoms with Crippen LogP contribution in [0.15, 0.2) is 0 Å². The monoisotopic (exact) mass is 251 g/mol. The van der Waals surface area contributed by atoms with Crippen molar-refractivity contribution >= 4 is 12.3 Å². The Labute approximate surface area is 97.8 Å². The van der Waals surface area contributed by atoms with Gasteiger partial charge in [0.25, 0.3) is 5.97 Å². The van der Waals surface area contributed by atoms with Crippen molar-refractivity contribution in [2.24, 2.45) is 5.92 Å². The fourth-order valence-corrected chi connectivity index (χ4v) is 0.906. The van der Waals surface area contributed by atoms with Crippen molar-refractivity contribution in [3.63, 3.8) is 0 Å². The molecule has 0 bridgehead atoms. The second-order valence-corrected chi connectivity index (χ2v) is 3.08. The van der Waals surface area contributed by atoms with E-state index in [4.69, 9.17) is 11.8 Å². The van der Waals surface area contributed by atoms with Gasteiger partial charge in [0.2, 0.25) is 0 Å². The molecule has 0 heterocycles. The van der Waals surface area contributed by atoms with E-state index in [-0.39, 0.29) is 0 Å². The van der Waals surface area contributed by atoms with Gasteiger partial charge in [-0.15, -0.1) is 0 Å². The summed E-state index contributed by atoms with van der Waals surface area (Å²) in [5.74, 6) is -1.97. The van der Waals surface area contributed by atoms with Gasteiger partial charge in [-0.05, 0) is 5.92 Å². The minimum atomic E-state index is -2.00. The maximum absolute atomic E-state index is 10.3. The predicted molar refractivity (Wildman–Crippen MR) is 47.0 cm³/mol. The average Bonchev–Trinajstić information content (AvgIpc) is 2.18. The van der Waals surface area contributed by atoms with Crippen molar-refractivity contribution in [2.45, 2.75) is 32.6 Å². The third kappa shape index (κ3) is 13.5. The first-order valence-corrected chi connectivity index (χ1v) is 5.92. The fourth-order valence-electron chi connectivity index (χ4n) is 0.906. The quantitative estimate of drug-likeness (QED) is 0.243. The number of aliphatic carboxylic acids is 1. The van der Waals surface area contributed by atoms with Gasteiger partial charge in [0.05, 0.1) is 0 Å². The molecular formula is C9H15O5Ti-. The van der Waals surface area contributed by atoms with Gasteiger partial charge < -0.3 is 16.3 Å². The Balaban J connectivity index is 0. The van der Waals surface area contributed by atoms with E-state index in [0.717, 1.165) is 19.3 Å². The molecule has 15 heavy (non-hydrogen) atoms. The molecule has 1 N–H and O–H groups in total. The van der Waals surface area contributed by atoms with Crippen LogP contribution < -0.4 is 0 Å². The first-order chi connectivity index (χ1) is 7.13. The van der Waals surface area contributed by atoms with Crippen LogP contribution in [-0.4, -0.2) is 17.4 Å². The molecule has 0 amide bonds. The van der Waals surface area contributed by atoms with Crippen LogP contribution in [-0.2, 0) is 35.3 Å². The summed E-state index contributed by atoms with van der Waals surface area (Å²) in [5.41, 5.74) is 0. The number of aldehydes is 1. The summed E-state index contributed by atoms with van der Waals surface area (Å²) in [7, 11) is 0. The zero-order valence-corrected chi connectivity index (χ0v) is 10.2. The molecule has 0 aliphatic carbocycles. The van der Waals surface area contributed by atoms with Crippen LogP contribution in [0, 0.1) is 12.3 Å². The molecule has 0 saturated heterocycles. The molecule has 0 radical (unpaired) electrons. The fraction of sp³-hybridized carbons (Fsp3) is 0.667.